The SMILES string of the molecule is C=C(C#N)CNc1c(OC)ccc2ccc(-c3cccc(C(=O)N[C@@H]4CCN(C)CC4(C)C)n3)cc12. The van der Waals surface area contributed by atoms with Crippen LogP contribution in [0.15, 0.2) is 60.7 Å². The molecule has 2 aromatic carbocycles. The molecule has 36 heavy (non-hydrogen) atoms. The van der Waals surface area contributed by atoms with Gasteiger partial charge in [-0.2, -0.15) is 5.26 Å². The monoisotopic (exact) mass is 483 g/mol. The van der Waals surface area contributed by atoms with Gasteiger partial charge in [-0.1, -0.05) is 44.7 Å². The Hall–Kier alpha value is -3.89. The third-order valence-electron chi connectivity index (χ3n) is 6.84. The van der Waals surface area contributed by atoms with E-state index >= 15 is 0 Å². The quantitative estimate of drug-likeness (QED) is 0.467. The van der Waals surface area contributed by atoms with Crippen LogP contribution in [0.2, 0.25) is 0 Å². The normalized spacial score (nSPS) is 17.2. The largest absolute Gasteiger partial charge is 0.495 e. The second-order valence-electron chi connectivity index (χ2n) is 10.1. The Kier molecular flexibility index (Phi) is 7.27. The number of benzene rings is 2. The minimum atomic E-state index is -0.153. The second kappa shape index (κ2) is 10.4. The Morgan fingerprint density at radius 1 is 1.28 bits per heavy atom. The molecule has 1 aliphatic heterocycles. The smallest absolute Gasteiger partial charge is 0.270 e. The number of likely N-dealkylation sites (tertiary alicyclic amines) is 1. The van der Waals surface area contributed by atoms with Crippen LogP contribution in [0.25, 0.3) is 22.0 Å². The first kappa shape index (κ1) is 25.2. The predicted octanol–water partition coefficient (Wildman–Crippen LogP) is 4.86. The van der Waals surface area contributed by atoms with Crippen molar-refractivity contribution in [1.82, 2.24) is 15.2 Å². The second-order valence-corrected chi connectivity index (χ2v) is 10.1. The summed E-state index contributed by atoms with van der Waals surface area (Å²) in [5, 5.41) is 17.6. The molecular weight excluding hydrogens is 450 g/mol. The molecule has 1 atom stereocenters. The highest BCUT2D eigenvalue weighted by atomic mass is 16.5. The zero-order chi connectivity index (χ0) is 25.9. The number of nitrogens with one attached hydrogen (secondary N) is 2. The number of anilines is 1. The van der Waals surface area contributed by atoms with Crippen LogP contribution < -0.4 is 15.4 Å². The third-order valence-corrected chi connectivity index (χ3v) is 6.84. The fourth-order valence-corrected chi connectivity index (χ4v) is 4.89. The van der Waals surface area contributed by atoms with E-state index in [1.54, 1.807) is 13.2 Å². The standard InChI is InChI=1S/C29H33N5O2/c1-19(16-30)17-31-27-22-15-21(10-9-20(22)11-12-25(27)36-5)23-7-6-8-24(32-23)28(35)33-26-13-14-34(4)18-29(26,2)3/h6-12,15,26,31H,1,13-14,17-18H2,2-5H3,(H,33,35)/t26-/m1/s1. The Morgan fingerprint density at radius 3 is 2.78 bits per heavy atom. The Labute approximate surface area is 212 Å². The number of pyridine rings is 1. The Balaban J connectivity index is 1.64. The van der Waals surface area contributed by atoms with E-state index in [4.69, 9.17) is 15.0 Å². The number of piperidine rings is 1. The maximum Gasteiger partial charge on any atom is 0.270 e. The van der Waals surface area contributed by atoms with Gasteiger partial charge in [0.15, 0.2) is 0 Å². The lowest BCUT2D eigenvalue weighted by molar-refractivity contribution is 0.0725. The van der Waals surface area contributed by atoms with Crippen molar-refractivity contribution in [1.29, 1.82) is 5.26 Å². The van der Waals surface area contributed by atoms with Gasteiger partial charge in [0, 0.05) is 35.7 Å². The van der Waals surface area contributed by atoms with Crippen LogP contribution in [0.5, 0.6) is 5.75 Å². The molecule has 0 bridgehead atoms. The van der Waals surface area contributed by atoms with E-state index in [2.05, 4.69) is 49.1 Å². The number of nitriles is 1. The molecule has 0 unspecified atom stereocenters. The van der Waals surface area contributed by atoms with Crippen LogP contribution >= 0.6 is 0 Å². The molecule has 1 aliphatic rings. The summed E-state index contributed by atoms with van der Waals surface area (Å²) in [7, 11) is 3.73. The number of carbonyl (C=O) groups excluding carboxylic acids is 1. The number of fused-ring (bicyclic) bond motifs is 1. The summed E-state index contributed by atoms with van der Waals surface area (Å²) in [6.07, 6.45) is 0.912. The molecule has 1 amide bonds. The van der Waals surface area contributed by atoms with Crippen LogP contribution in [-0.4, -0.2) is 55.6 Å². The van der Waals surface area contributed by atoms with Gasteiger partial charge in [0.2, 0.25) is 0 Å². The minimum Gasteiger partial charge on any atom is -0.495 e. The number of carbonyl (C=O) groups is 1. The van der Waals surface area contributed by atoms with Crippen molar-refractivity contribution in [2.75, 3.05) is 39.1 Å². The lowest BCUT2D eigenvalue weighted by Crippen LogP contribution is -2.54. The van der Waals surface area contributed by atoms with E-state index in [1.165, 1.54) is 0 Å². The van der Waals surface area contributed by atoms with Gasteiger partial charge in [-0.15, -0.1) is 0 Å². The summed E-state index contributed by atoms with van der Waals surface area (Å²) in [6, 6.07) is 17.6. The van der Waals surface area contributed by atoms with Crippen LogP contribution in [0.3, 0.4) is 0 Å². The van der Waals surface area contributed by atoms with Crippen LogP contribution in [0.4, 0.5) is 5.69 Å². The molecule has 3 aromatic rings. The van der Waals surface area contributed by atoms with Crippen molar-refractivity contribution < 1.29 is 9.53 Å². The highest BCUT2D eigenvalue weighted by Gasteiger charge is 2.35. The summed E-state index contributed by atoms with van der Waals surface area (Å²) < 4.78 is 5.56. The topological polar surface area (TPSA) is 90.3 Å². The molecule has 2 N–H and O–H groups in total. The van der Waals surface area contributed by atoms with Gasteiger partial charge in [0.05, 0.1) is 24.6 Å². The van der Waals surface area contributed by atoms with E-state index < -0.39 is 0 Å². The van der Waals surface area contributed by atoms with Crippen LogP contribution in [-0.2, 0) is 0 Å². The molecule has 0 saturated carbocycles. The molecule has 186 valence electrons. The minimum absolute atomic E-state index is 0.0160. The van der Waals surface area contributed by atoms with Gasteiger partial charge in [0.25, 0.3) is 5.91 Å². The number of amides is 1. The highest BCUT2D eigenvalue weighted by molar-refractivity contribution is 5.99. The number of aromatic nitrogens is 1. The van der Waals surface area contributed by atoms with Gasteiger partial charge < -0.3 is 20.3 Å². The maximum absolute atomic E-state index is 13.1. The molecule has 7 heteroatoms. The lowest BCUT2D eigenvalue weighted by atomic mass is 9.79. The highest BCUT2D eigenvalue weighted by Crippen LogP contribution is 2.36. The number of nitrogens with zero attached hydrogens (tertiary/aromatic N) is 3. The van der Waals surface area contributed by atoms with Crippen molar-refractivity contribution in [3.63, 3.8) is 0 Å². The lowest BCUT2D eigenvalue weighted by Gasteiger charge is -2.43. The Bertz CT molecular complexity index is 1340. The molecule has 0 aliphatic carbocycles. The number of hydrogen-bond acceptors (Lipinski definition) is 6. The summed E-state index contributed by atoms with van der Waals surface area (Å²) in [6.45, 7) is 10.4. The summed E-state index contributed by atoms with van der Waals surface area (Å²) >= 11 is 0. The number of rotatable bonds is 7. The van der Waals surface area contributed by atoms with Gasteiger partial charge in [-0.25, -0.2) is 4.98 Å². The van der Waals surface area contributed by atoms with E-state index in [9.17, 15) is 4.79 Å². The molecule has 1 fully saturated rings. The van der Waals surface area contributed by atoms with Gasteiger partial charge in [0.1, 0.15) is 11.4 Å². The number of hydrogen-bond donors (Lipinski definition) is 2. The molecule has 1 aromatic heterocycles. The van der Waals surface area contributed by atoms with Crippen LogP contribution in [0.1, 0.15) is 30.8 Å². The fourth-order valence-electron chi connectivity index (χ4n) is 4.89. The number of ether oxygens (including phenoxy) is 1. The maximum atomic E-state index is 13.1. The summed E-state index contributed by atoms with van der Waals surface area (Å²) in [4.78, 5) is 20.2. The molecule has 4 rings (SSSR count). The molecule has 0 spiro atoms. The zero-order valence-corrected chi connectivity index (χ0v) is 21.4. The van der Waals surface area contributed by atoms with E-state index in [-0.39, 0.29) is 17.4 Å². The summed E-state index contributed by atoms with van der Waals surface area (Å²) in [5.41, 5.74) is 3.19. The Morgan fingerprint density at radius 2 is 2.06 bits per heavy atom. The average Bonchev–Trinajstić information content (AvgIpc) is 2.87. The average molecular weight is 484 g/mol. The van der Waals surface area contributed by atoms with Crippen LogP contribution in [0, 0.1) is 16.7 Å². The number of methoxy groups -OCH3 is 1. The predicted molar refractivity (Wildman–Crippen MR) is 144 cm³/mol. The zero-order valence-electron chi connectivity index (χ0n) is 21.4. The molecule has 0 radical (unpaired) electrons. The fraction of sp³-hybridized carbons (Fsp3) is 0.345. The molecule has 2 heterocycles. The van der Waals surface area contributed by atoms with Crippen molar-refractivity contribution in [3.8, 4) is 23.1 Å². The van der Waals surface area contributed by atoms with Crippen molar-refractivity contribution in [2.24, 2.45) is 5.41 Å². The van der Waals surface area contributed by atoms with Gasteiger partial charge >= 0.3 is 0 Å². The molecular formula is C29H33N5O2. The van der Waals surface area contributed by atoms with Gasteiger partial charge in [-0.05, 0) is 55.1 Å². The summed E-state index contributed by atoms with van der Waals surface area (Å²) in [5.74, 6) is 0.520. The third kappa shape index (κ3) is 5.34. The van der Waals surface area contributed by atoms with Crippen molar-refractivity contribution in [2.45, 2.75) is 26.3 Å². The van der Waals surface area contributed by atoms with Gasteiger partial charge in [-0.3, -0.25) is 4.79 Å². The van der Waals surface area contributed by atoms with E-state index in [1.807, 2.05) is 42.5 Å². The van der Waals surface area contributed by atoms with E-state index in [0.29, 0.717) is 29.3 Å². The first-order valence-electron chi connectivity index (χ1n) is 12.1. The van der Waals surface area contributed by atoms with Crippen molar-refractivity contribution >= 4 is 22.4 Å². The molecule has 1 saturated heterocycles. The first-order chi connectivity index (χ1) is 17.2. The first-order valence-corrected chi connectivity index (χ1v) is 12.1. The van der Waals surface area contributed by atoms with E-state index in [0.717, 1.165) is 41.5 Å². The van der Waals surface area contributed by atoms with Crippen molar-refractivity contribution in [3.05, 3.63) is 66.4 Å². The molecule has 7 nitrogen and oxygen atoms in total.